The zero-order valence-corrected chi connectivity index (χ0v) is 7.20. The Bertz CT molecular complexity index is 426. The van der Waals surface area contributed by atoms with Gasteiger partial charge < -0.3 is 5.32 Å². The van der Waals surface area contributed by atoms with Crippen LogP contribution in [-0.2, 0) is 4.79 Å². The van der Waals surface area contributed by atoms with Crippen LogP contribution < -0.4 is 10.7 Å². The number of anilines is 1. The number of amides is 1. The van der Waals surface area contributed by atoms with Crippen molar-refractivity contribution in [3.05, 3.63) is 40.1 Å². The van der Waals surface area contributed by atoms with Crippen LogP contribution >= 0.6 is 0 Å². The maximum atomic E-state index is 11.4. The van der Waals surface area contributed by atoms with Crippen LogP contribution in [0.4, 0.5) is 5.69 Å². The van der Waals surface area contributed by atoms with E-state index in [2.05, 4.69) is 5.32 Å². The Labute approximate surface area is 75.4 Å². The van der Waals surface area contributed by atoms with E-state index in [1.165, 1.54) is 6.07 Å². The summed E-state index contributed by atoms with van der Waals surface area (Å²) in [6.45, 7) is 1.79. The van der Waals surface area contributed by atoms with Gasteiger partial charge in [0.25, 0.3) is 0 Å². The van der Waals surface area contributed by atoms with E-state index in [-0.39, 0.29) is 17.3 Å². The molecule has 1 N–H and O–H groups in total. The molecular formula is C10H9NO2. The first-order valence-corrected chi connectivity index (χ1v) is 4.14. The molecule has 1 aromatic carbocycles. The van der Waals surface area contributed by atoms with Crippen molar-refractivity contribution in [1.29, 1.82) is 0 Å². The summed E-state index contributed by atoms with van der Waals surface area (Å²) in [5.41, 5.74) is 1.10. The standard InChI is InChI=1S/C10H9NO2/c1-6-7-4-2-3-5-8(12)9(7)11-10(6)13/h2-6H,1H3,(H,11,13)/t6-/m1/s1. The normalized spacial score (nSPS) is 19.5. The number of fused-ring (bicyclic) bond motifs is 1. The third kappa shape index (κ3) is 1.13. The van der Waals surface area contributed by atoms with E-state index in [9.17, 15) is 9.59 Å². The van der Waals surface area contributed by atoms with Gasteiger partial charge in [0, 0.05) is 0 Å². The molecule has 1 aromatic rings. The van der Waals surface area contributed by atoms with Crippen molar-refractivity contribution in [2.45, 2.75) is 12.8 Å². The zero-order valence-electron chi connectivity index (χ0n) is 7.20. The molecular weight excluding hydrogens is 166 g/mol. The lowest BCUT2D eigenvalue weighted by atomic mass is 10.1. The lowest BCUT2D eigenvalue weighted by Gasteiger charge is -1.94. The third-order valence-electron chi connectivity index (χ3n) is 2.28. The van der Waals surface area contributed by atoms with Gasteiger partial charge in [-0.05, 0) is 18.6 Å². The number of hydrogen-bond donors (Lipinski definition) is 1. The first-order valence-electron chi connectivity index (χ1n) is 4.14. The van der Waals surface area contributed by atoms with Gasteiger partial charge >= 0.3 is 0 Å². The molecule has 1 atom stereocenters. The van der Waals surface area contributed by atoms with Gasteiger partial charge in [0.1, 0.15) is 0 Å². The largest absolute Gasteiger partial charge is 0.322 e. The predicted octanol–water partition coefficient (Wildman–Crippen LogP) is 1.10. The van der Waals surface area contributed by atoms with Crippen LogP contribution in [0.5, 0.6) is 0 Å². The Hall–Kier alpha value is -1.64. The topological polar surface area (TPSA) is 46.2 Å². The van der Waals surface area contributed by atoms with Crippen molar-refractivity contribution in [3.63, 3.8) is 0 Å². The van der Waals surface area contributed by atoms with E-state index >= 15 is 0 Å². The molecule has 0 fully saturated rings. The van der Waals surface area contributed by atoms with Gasteiger partial charge in [-0.1, -0.05) is 18.2 Å². The molecule has 0 aliphatic carbocycles. The van der Waals surface area contributed by atoms with Gasteiger partial charge in [0.2, 0.25) is 11.3 Å². The molecule has 1 heterocycles. The minimum Gasteiger partial charge on any atom is -0.322 e. The number of rotatable bonds is 0. The van der Waals surface area contributed by atoms with Crippen LogP contribution in [0.3, 0.4) is 0 Å². The summed E-state index contributed by atoms with van der Waals surface area (Å²) in [6.07, 6.45) is 0. The fraction of sp³-hybridized carbons (Fsp3) is 0.200. The Kier molecular flexibility index (Phi) is 1.65. The number of carbonyl (C=O) groups is 1. The Morgan fingerprint density at radius 3 is 2.69 bits per heavy atom. The minimum atomic E-state index is -0.213. The Morgan fingerprint density at radius 2 is 1.92 bits per heavy atom. The number of hydrogen-bond acceptors (Lipinski definition) is 2. The van der Waals surface area contributed by atoms with E-state index in [1.54, 1.807) is 25.1 Å². The van der Waals surface area contributed by atoms with E-state index < -0.39 is 0 Å². The molecule has 0 aromatic heterocycles. The highest BCUT2D eigenvalue weighted by Crippen LogP contribution is 2.27. The quantitative estimate of drug-likeness (QED) is 0.641. The second kappa shape index (κ2) is 2.69. The highest BCUT2D eigenvalue weighted by molar-refractivity contribution is 6.02. The molecule has 1 aliphatic rings. The van der Waals surface area contributed by atoms with Gasteiger partial charge in [0.05, 0.1) is 11.6 Å². The maximum Gasteiger partial charge on any atom is 0.231 e. The van der Waals surface area contributed by atoms with Gasteiger partial charge in [-0.3, -0.25) is 9.59 Å². The van der Waals surface area contributed by atoms with Gasteiger partial charge in [-0.25, -0.2) is 0 Å². The van der Waals surface area contributed by atoms with Crippen LogP contribution in [0.25, 0.3) is 0 Å². The van der Waals surface area contributed by atoms with Crippen molar-refractivity contribution in [2.75, 3.05) is 5.32 Å². The molecule has 1 amide bonds. The molecule has 0 radical (unpaired) electrons. The highest BCUT2D eigenvalue weighted by Gasteiger charge is 2.26. The minimum absolute atomic E-state index is 0.0988. The van der Waals surface area contributed by atoms with E-state index in [0.717, 1.165) is 5.56 Å². The zero-order chi connectivity index (χ0) is 9.42. The van der Waals surface area contributed by atoms with Crippen LogP contribution in [0, 0.1) is 0 Å². The monoisotopic (exact) mass is 175 g/mol. The van der Waals surface area contributed by atoms with Crippen molar-refractivity contribution >= 4 is 11.6 Å². The van der Waals surface area contributed by atoms with Gasteiger partial charge in [-0.15, -0.1) is 0 Å². The highest BCUT2D eigenvalue weighted by atomic mass is 16.2. The second-order valence-electron chi connectivity index (χ2n) is 3.12. The summed E-state index contributed by atoms with van der Waals surface area (Å²) in [5.74, 6) is -0.312. The molecule has 1 aliphatic heterocycles. The van der Waals surface area contributed by atoms with E-state index in [0.29, 0.717) is 5.69 Å². The van der Waals surface area contributed by atoms with Gasteiger partial charge in [0.15, 0.2) is 0 Å². The maximum absolute atomic E-state index is 11.4. The molecule has 0 unspecified atom stereocenters. The van der Waals surface area contributed by atoms with Crippen molar-refractivity contribution in [2.24, 2.45) is 0 Å². The first-order chi connectivity index (χ1) is 6.20. The lowest BCUT2D eigenvalue weighted by Crippen LogP contribution is -2.11. The molecule has 0 spiro atoms. The van der Waals surface area contributed by atoms with Crippen molar-refractivity contribution < 1.29 is 4.79 Å². The van der Waals surface area contributed by atoms with Gasteiger partial charge in [-0.2, -0.15) is 0 Å². The summed E-state index contributed by atoms with van der Waals surface area (Å²) in [5, 5.41) is 2.58. The molecule has 0 saturated heterocycles. The van der Waals surface area contributed by atoms with E-state index in [4.69, 9.17) is 0 Å². The summed E-state index contributed by atoms with van der Waals surface area (Å²) in [7, 11) is 0. The van der Waals surface area contributed by atoms with Crippen molar-refractivity contribution in [1.82, 2.24) is 0 Å². The first kappa shape index (κ1) is 7.98. The molecule has 3 nitrogen and oxygen atoms in total. The average molecular weight is 175 g/mol. The number of carbonyl (C=O) groups excluding carboxylic acids is 1. The fourth-order valence-corrected chi connectivity index (χ4v) is 1.48. The summed E-state index contributed by atoms with van der Waals surface area (Å²) < 4.78 is 0. The second-order valence-corrected chi connectivity index (χ2v) is 3.12. The molecule has 0 bridgehead atoms. The fourth-order valence-electron chi connectivity index (χ4n) is 1.48. The third-order valence-corrected chi connectivity index (χ3v) is 2.28. The number of nitrogens with one attached hydrogen (secondary N) is 1. The van der Waals surface area contributed by atoms with Crippen LogP contribution in [-0.4, -0.2) is 5.91 Å². The van der Waals surface area contributed by atoms with Crippen LogP contribution in [0.2, 0.25) is 0 Å². The summed E-state index contributed by atoms with van der Waals surface area (Å²) in [4.78, 5) is 22.6. The molecule has 3 heteroatoms. The molecule has 13 heavy (non-hydrogen) atoms. The van der Waals surface area contributed by atoms with E-state index in [1.807, 2.05) is 0 Å². The predicted molar refractivity (Wildman–Crippen MR) is 49.8 cm³/mol. The van der Waals surface area contributed by atoms with Crippen molar-refractivity contribution in [3.8, 4) is 0 Å². The molecule has 0 saturated carbocycles. The summed E-state index contributed by atoms with van der Waals surface area (Å²) >= 11 is 0. The average Bonchev–Trinajstić information content (AvgIpc) is 2.30. The van der Waals surface area contributed by atoms with Crippen LogP contribution in [0.1, 0.15) is 18.4 Å². The Balaban J connectivity index is 2.74. The molecule has 2 rings (SSSR count). The summed E-state index contributed by atoms with van der Waals surface area (Å²) in [6, 6.07) is 6.72. The smallest absolute Gasteiger partial charge is 0.231 e. The SMILES string of the molecule is C[C@H]1C(=O)Nc2c1ccccc2=O. The van der Waals surface area contributed by atoms with Crippen LogP contribution in [0.15, 0.2) is 29.1 Å². The lowest BCUT2D eigenvalue weighted by molar-refractivity contribution is -0.116. The molecule has 66 valence electrons. The Morgan fingerprint density at radius 1 is 1.23 bits per heavy atom.